The average molecular weight is 429 g/mol. The Bertz CT molecular complexity index is 898. The largest absolute Gasteiger partial charge is 0.468 e. The molecule has 0 saturated carbocycles. The van der Waals surface area contributed by atoms with Gasteiger partial charge in [-0.25, -0.2) is 8.42 Å². The van der Waals surface area contributed by atoms with Crippen molar-refractivity contribution in [2.24, 2.45) is 0 Å². The van der Waals surface area contributed by atoms with Crippen molar-refractivity contribution in [1.29, 1.82) is 0 Å². The molecule has 0 heterocycles. The van der Waals surface area contributed by atoms with Crippen molar-refractivity contribution in [3.63, 3.8) is 0 Å². The maximum Gasteiger partial charge on any atom is 0.326 e. The van der Waals surface area contributed by atoms with Crippen molar-refractivity contribution in [3.8, 4) is 0 Å². The first-order chi connectivity index (χ1) is 11.8. The van der Waals surface area contributed by atoms with E-state index in [1.807, 2.05) is 0 Å². The van der Waals surface area contributed by atoms with Crippen LogP contribution in [0.3, 0.4) is 0 Å². The van der Waals surface area contributed by atoms with Crippen LogP contribution in [0.25, 0.3) is 0 Å². The van der Waals surface area contributed by atoms with Gasteiger partial charge in [-0.1, -0.05) is 12.1 Å². The van der Waals surface area contributed by atoms with E-state index in [9.17, 15) is 23.3 Å². The van der Waals surface area contributed by atoms with Crippen molar-refractivity contribution < 1.29 is 22.9 Å². The number of sulfonamides is 1. The van der Waals surface area contributed by atoms with Gasteiger partial charge < -0.3 is 4.74 Å². The van der Waals surface area contributed by atoms with Gasteiger partial charge in [-0.3, -0.25) is 19.2 Å². The number of nitrogens with zero attached hydrogens (tertiary/aromatic N) is 2. The monoisotopic (exact) mass is 428 g/mol. The Kier molecular flexibility index (Phi) is 5.75. The summed E-state index contributed by atoms with van der Waals surface area (Å²) in [6, 6.07) is 10.9. The molecule has 0 aliphatic carbocycles. The molecule has 0 aliphatic rings. The zero-order valence-electron chi connectivity index (χ0n) is 13.0. The highest BCUT2D eigenvalue weighted by atomic mass is 79.9. The highest BCUT2D eigenvalue weighted by molar-refractivity contribution is 9.10. The van der Waals surface area contributed by atoms with Gasteiger partial charge in [-0.05, 0) is 40.2 Å². The van der Waals surface area contributed by atoms with Crippen LogP contribution < -0.4 is 4.31 Å². The van der Waals surface area contributed by atoms with E-state index in [2.05, 4.69) is 20.7 Å². The van der Waals surface area contributed by atoms with Gasteiger partial charge in [0.2, 0.25) is 0 Å². The number of carbonyl (C=O) groups excluding carboxylic acids is 1. The van der Waals surface area contributed by atoms with Crippen LogP contribution in [0.2, 0.25) is 0 Å². The second-order valence-electron chi connectivity index (χ2n) is 4.79. The molecule has 0 saturated heterocycles. The van der Waals surface area contributed by atoms with Gasteiger partial charge in [0.25, 0.3) is 15.7 Å². The van der Waals surface area contributed by atoms with E-state index in [1.165, 1.54) is 6.07 Å². The topological polar surface area (TPSA) is 107 Å². The van der Waals surface area contributed by atoms with Crippen LogP contribution in [0.5, 0.6) is 0 Å². The number of methoxy groups -OCH3 is 1. The highest BCUT2D eigenvalue weighted by Crippen LogP contribution is 2.31. The standard InChI is InChI=1S/C15H13BrN2O6S/c1-24-15(19)10-17(14-5-3-2-4-13(14)16)25(22,23)12-8-6-11(7-9-12)18(20)21/h2-9H,10H2,1H3. The van der Waals surface area contributed by atoms with E-state index >= 15 is 0 Å². The third-order valence-electron chi connectivity index (χ3n) is 3.26. The number of non-ortho nitro benzene ring substituents is 1. The number of rotatable bonds is 6. The smallest absolute Gasteiger partial charge is 0.326 e. The number of nitro benzene ring substituents is 1. The Morgan fingerprint density at radius 2 is 1.80 bits per heavy atom. The third kappa shape index (κ3) is 4.15. The number of benzene rings is 2. The van der Waals surface area contributed by atoms with Crippen LogP contribution in [0, 0.1) is 10.1 Å². The zero-order chi connectivity index (χ0) is 18.6. The zero-order valence-corrected chi connectivity index (χ0v) is 15.4. The van der Waals surface area contributed by atoms with Crippen LogP contribution >= 0.6 is 15.9 Å². The first-order valence-electron chi connectivity index (χ1n) is 6.86. The van der Waals surface area contributed by atoms with E-state index in [0.29, 0.717) is 4.47 Å². The summed E-state index contributed by atoms with van der Waals surface area (Å²) in [6.07, 6.45) is 0. The number of hydrogen-bond acceptors (Lipinski definition) is 6. The molecule has 2 aromatic rings. The molecular formula is C15H13BrN2O6S. The molecule has 25 heavy (non-hydrogen) atoms. The summed E-state index contributed by atoms with van der Waals surface area (Å²) in [7, 11) is -2.99. The molecule has 0 radical (unpaired) electrons. The van der Waals surface area contributed by atoms with Crippen LogP contribution in [0.4, 0.5) is 11.4 Å². The molecule has 10 heteroatoms. The summed E-state index contributed by atoms with van der Waals surface area (Å²) < 4.78 is 31.8. The highest BCUT2D eigenvalue weighted by Gasteiger charge is 2.29. The average Bonchev–Trinajstić information content (AvgIpc) is 2.60. The van der Waals surface area contributed by atoms with Crippen LogP contribution in [0.1, 0.15) is 0 Å². The van der Waals surface area contributed by atoms with Gasteiger partial charge >= 0.3 is 5.97 Å². The predicted molar refractivity (Wildman–Crippen MR) is 93.8 cm³/mol. The summed E-state index contributed by atoms with van der Waals surface area (Å²) in [4.78, 5) is 21.6. The lowest BCUT2D eigenvalue weighted by molar-refractivity contribution is -0.384. The molecule has 0 bridgehead atoms. The molecule has 0 atom stereocenters. The molecule has 0 amide bonds. The summed E-state index contributed by atoms with van der Waals surface area (Å²) in [5, 5.41) is 10.7. The van der Waals surface area contributed by atoms with E-state index in [0.717, 1.165) is 35.7 Å². The lowest BCUT2D eigenvalue weighted by Crippen LogP contribution is -2.36. The van der Waals surface area contributed by atoms with Crippen molar-refractivity contribution in [1.82, 2.24) is 0 Å². The molecule has 0 N–H and O–H groups in total. The number of carbonyl (C=O) groups is 1. The molecule has 0 fully saturated rings. The third-order valence-corrected chi connectivity index (χ3v) is 5.70. The number of esters is 1. The minimum atomic E-state index is -4.14. The first kappa shape index (κ1) is 18.9. The number of anilines is 1. The van der Waals surface area contributed by atoms with Gasteiger partial charge in [0.1, 0.15) is 6.54 Å². The molecule has 0 aliphatic heterocycles. The van der Waals surface area contributed by atoms with Gasteiger partial charge in [0.05, 0.1) is 22.6 Å². The normalized spacial score (nSPS) is 11.0. The van der Waals surface area contributed by atoms with Crippen LogP contribution in [0.15, 0.2) is 57.9 Å². The van der Waals surface area contributed by atoms with Crippen LogP contribution in [-0.4, -0.2) is 33.0 Å². The Balaban J connectivity index is 2.53. The first-order valence-corrected chi connectivity index (χ1v) is 9.09. The summed E-state index contributed by atoms with van der Waals surface area (Å²) >= 11 is 3.26. The molecule has 0 spiro atoms. The van der Waals surface area contributed by atoms with Gasteiger partial charge in [0, 0.05) is 16.6 Å². The van der Waals surface area contributed by atoms with Crippen LogP contribution in [-0.2, 0) is 19.6 Å². The molecule has 2 rings (SSSR count). The molecule has 132 valence electrons. The van der Waals surface area contributed by atoms with Crippen molar-refractivity contribution in [2.45, 2.75) is 4.90 Å². The van der Waals surface area contributed by atoms with Gasteiger partial charge in [-0.15, -0.1) is 0 Å². The second kappa shape index (κ2) is 7.62. The number of ether oxygens (including phenoxy) is 1. The van der Waals surface area contributed by atoms with Gasteiger partial charge in [-0.2, -0.15) is 0 Å². The van der Waals surface area contributed by atoms with Crippen molar-refractivity contribution in [2.75, 3.05) is 18.0 Å². The summed E-state index contributed by atoms with van der Waals surface area (Å²) in [5.41, 5.74) is 0.00520. The molecular weight excluding hydrogens is 416 g/mol. The maximum absolute atomic E-state index is 12.9. The molecule has 2 aromatic carbocycles. The Morgan fingerprint density at radius 3 is 2.32 bits per heavy atom. The fourth-order valence-electron chi connectivity index (χ4n) is 2.00. The minimum absolute atomic E-state index is 0.183. The number of hydrogen-bond donors (Lipinski definition) is 0. The number of para-hydroxylation sites is 1. The van der Waals surface area contributed by atoms with E-state index in [4.69, 9.17) is 0 Å². The summed E-state index contributed by atoms with van der Waals surface area (Å²) in [5.74, 6) is -0.749. The molecule has 0 unspecified atom stereocenters. The Labute approximate surface area is 152 Å². The number of halogens is 1. The summed E-state index contributed by atoms with van der Waals surface area (Å²) in [6.45, 7) is -0.543. The second-order valence-corrected chi connectivity index (χ2v) is 7.51. The minimum Gasteiger partial charge on any atom is -0.468 e. The van der Waals surface area contributed by atoms with Crippen molar-refractivity contribution in [3.05, 3.63) is 63.1 Å². The van der Waals surface area contributed by atoms with Gasteiger partial charge in [0.15, 0.2) is 0 Å². The lowest BCUT2D eigenvalue weighted by atomic mass is 10.3. The fourth-order valence-corrected chi connectivity index (χ4v) is 4.05. The molecule has 8 nitrogen and oxygen atoms in total. The SMILES string of the molecule is COC(=O)CN(c1ccccc1Br)S(=O)(=O)c1ccc([N+](=O)[O-])cc1. The maximum atomic E-state index is 12.9. The van der Waals surface area contributed by atoms with E-state index < -0.39 is 27.5 Å². The van der Waals surface area contributed by atoms with E-state index in [-0.39, 0.29) is 16.3 Å². The quantitative estimate of drug-likeness (QED) is 0.397. The Hall–Kier alpha value is -2.46. The lowest BCUT2D eigenvalue weighted by Gasteiger charge is -2.24. The van der Waals surface area contributed by atoms with E-state index in [1.54, 1.807) is 18.2 Å². The Morgan fingerprint density at radius 1 is 1.20 bits per heavy atom. The predicted octanol–water partition coefficient (Wildman–Crippen LogP) is 2.73. The van der Waals surface area contributed by atoms with Crippen molar-refractivity contribution >= 4 is 43.3 Å². The molecule has 0 aromatic heterocycles. The number of nitro groups is 1. The fraction of sp³-hybridized carbons (Fsp3) is 0.133.